The highest BCUT2D eigenvalue weighted by Crippen LogP contribution is 2.60. The smallest absolute Gasteiger partial charge is 0.314 e. The number of aliphatic carboxylic acids is 1. The first kappa shape index (κ1) is 15.9. The first-order valence-corrected chi connectivity index (χ1v) is 7.57. The Balaban J connectivity index is 2.35. The Labute approximate surface area is 124 Å². The molecule has 0 atom stereocenters. The molecule has 1 saturated carbocycles. The summed E-state index contributed by atoms with van der Waals surface area (Å²) in [6.45, 7) is 4.17. The van der Waals surface area contributed by atoms with Crippen molar-refractivity contribution in [1.82, 2.24) is 0 Å². The van der Waals surface area contributed by atoms with Crippen LogP contribution < -0.4 is 0 Å². The van der Waals surface area contributed by atoms with E-state index in [9.17, 15) is 18.7 Å². The van der Waals surface area contributed by atoms with Crippen LogP contribution in [0, 0.1) is 17.0 Å². The number of carbonyl (C=O) groups is 1. The Morgan fingerprint density at radius 2 is 1.57 bits per heavy atom. The highest BCUT2D eigenvalue weighted by atomic mass is 19.1. The topological polar surface area (TPSA) is 37.3 Å². The third-order valence-corrected chi connectivity index (χ3v) is 4.74. The van der Waals surface area contributed by atoms with Gasteiger partial charge in [-0.1, -0.05) is 26.7 Å². The number of benzene rings is 1. The fourth-order valence-electron chi connectivity index (χ4n) is 4.08. The van der Waals surface area contributed by atoms with E-state index in [1.165, 1.54) is 12.1 Å². The van der Waals surface area contributed by atoms with Crippen molar-refractivity contribution in [3.8, 4) is 0 Å². The van der Waals surface area contributed by atoms with Gasteiger partial charge < -0.3 is 5.11 Å². The standard InChI is InChI=1S/C17H22F2O2/c1-3-5-16(6-4-2)10-17(11-16,15(20)21)12-7-13(18)9-14(19)8-12/h7-9H,3-6,10-11H2,1-2H3,(H,20,21). The molecule has 0 radical (unpaired) electrons. The second-order valence-electron chi connectivity index (χ2n) is 6.40. The summed E-state index contributed by atoms with van der Waals surface area (Å²) in [5.41, 5.74) is -0.867. The summed E-state index contributed by atoms with van der Waals surface area (Å²) in [6, 6.07) is 3.11. The molecule has 0 saturated heterocycles. The summed E-state index contributed by atoms with van der Waals surface area (Å²) < 4.78 is 26.9. The van der Waals surface area contributed by atoms with Gasteiger partial charge in [0.25, 0.3) is 0 Å². The molecule has 0 heterocycles. The lowest BCUT2D eigenvalue weighted by Crippen LogP contribution is -2.54. The van der Waals surface area contributed by atoms with E-state index in [0.717, 1.165) is 31.7 Å². The van der Waals surface area contributed by atoms with Crippen molar-refractivity contribution in [2.45, 2.75) is 57.8 Å². The van der Waals surface area contributed by atoms with E-state index < -0.39 is 23.0 Å². The molecule has 116 valence electrons. The van der Waals surface area contributed by atoms with E-state index in [4.69, 9.17) is 0 Å². The van der Waals surface area contributed by atoms with E-state index in [2.05, 4.69) is 13.8 Å². The largest absolute Gasteiger partial charge is 0.481 e. The second kappa shape index (κ2) is 5.74. The molecule has 0 amide bonds. The molecular weight excluding hydrogens is 274 g/mol. The quantitative estimate of drug-likeness (QED) is 0.828. The minimum Gasteiger partial charge on any atom is -0.481 e. The van der Waals surface area contributed by atoms with Crippen LogP contribution in [0.2, 0.25) is 0 Å². The predicted octanol–water partition coefficient (Wildman–Crippen LogP) is 4.67. The van der Waals surface area contributed by atoms with Crippen LogP contribution in [-0.2, 0) is 10.2 Å². The van der Waals surface area contributed by atoms with Crippen LogP contribution in [0.4, 0.5) is 8.78 Å². The molecule has 1 aliphatic carbocycles. The van der Waals surface area contributed by atoms with Crippen molar-refractivity contribution < 1.29 is 18.7 Å². The van der Waals surface area contributed by atoms with Gasteiger partial charge in [0, 0.05) is 6.07 Å². The second-order valence-corrected chi connectivity index (χ2v) is 6.40. The van der Waals surface area contributed by atoms with Crippen LogP contribution >= 0.6 is 0 Å². The third kappa shape index (κ3) is 2.81. The van der Waals surface area contributed by atoms with Gasteiger partial charge in [-0.2, -0.15) is 0 Å². The van der Waals surface area contributed by atoms with Crippen molar-refractivity contribution in [2.75, 3.05) is 0 Å². The maximum Gasteiger partial charge on any atom is 0.314 e. The van der Waals surface area contributed by atoms with E-state index in [1.54, 1.807) is 0 Å². The van der Waals surface area contributed by atoms with E-state index in [1.807, 2.05) is 0 Å². The molecule has 0 spiro atoms. The molecule has 21 heavy (non-hydrogen) atoms. The summed E-state index contributed by atoms with van der Waals surface area (Å²) >= 11 is 0. The highest BCUT2D eigenvalue weighted by molar-refractivity contribution is 5.83. The van der Waals surface area contributed by atoms with E-state index in [-0.39, 0.29) is 11.0 Å². The first-order valence-electron chi connectivity index (χ1n) is 7.57. The Kier molecular flexibility index (Phi) is 4.35. The monoisotopic (exact) mass is 296 g/mol. The van der Waals surface area contributed by atoms with Crippen LogP contribution in [-0.4, -0.2) is 11.1 Å². The zero-order valence-corrected chi connectivity index (χ0v) is 12.6. The van der Waals surface area contributed by atoms with Crippen molar-refractivity contribution in [1.29, 1.82) is 0 Å². The third-order valence-electron chi connectivity index (χ3n) is 4.74. The Hall–Kier alpha value is -1.45. The highest BCUT2D eigenvalue weighted by Gasteiger charge is 2.58. The maximum atomic E-state index is 13.4. The van der Waals surface area contributed by atoms with Crippen LogP contribution in [0.5, 0.6) is 0 Å². The van der Waals surface area contributed by atoms with Crippen LogP contribution in [0.25, 0.3) is 0 Å². The lowest BCUT2D eigenvalue weighted by atomic mass is 9.48. The van der Waals surface area contributed by atoms with E-state index >= 15 is 0 Å². The predicted molar refractivity (Wildman–Crippen MR) is 77.2 cm³/mol. The minimum atomic E-state index is -1.13. The maximum absolute atomic E-state index is 13.4. The minimum absolute atomic E-state index is 0.00465. The van der Waals surface area contributed by atoms with Crippen molar-refractivity contribution in [3.63, 3.8) is 0 Å². The van der Waals surface area contributed by atoms with Gasteiger partial charge in [0.1, 0.15) is 11.6 Å². The van der Waals surface area contributed by atoms with Gasteiger partial charge in [0.15, 0.2) is 0 Å². The van der Waals surface area contributed by atoms with Gasteiger partial charge in [0.05, 0.1) is 5.41 Å². The van der Waals surface area contributed by atoms with Gasteiger partial charge in [-0.15, -0.1) is 0 Å². The number of hydrogen-bond acceptors (Lipinski definition) is 1. The molecule has 1 aliphatic rings. The van der Waals surface area contributed by atoms with Gasteiger partial charge in [-0.05, 0) is 48.8 Å². The van der Waals surface area contributed by atoms with Crippen molar-refractivity contribution in [2.24, 2.45) is 5.41 Å². The fourth-order valence-corrected chi connectivity index (χ4v) is 4.08. The molecule has 4 heteroatoms. The molecule has 2 rings (SSSR count). The van der Waals surface area contributed by atoms with Gasteiger partial charge >= 0.3 is 5.97 Å². The SMILES string of the molecule is CCCC1(CCC)CC(C(=O)O)(c2cc(F)cc(F)c2)C1. The number of carboxylic acid groups (broad SMARTS) is 1. The van der Waals surface area contributed by atoms with Gasteiger partial charge in [-0.3, -0.25) is 4.79 Å². The Morgan fingerprint density at radius 3 is 1.95 bits per heavy atom. The summed E-state index contributed by atoms with van der Waals surface area (Å²) in [6.07, 6.45) is 4.86. The summed E-state index contributed by atoms with van der Waals surface area (Å²) in [5.74, 6) is -2.40. The van der Waals surface area contributed by atoms with Crippen LogP contribution in [0.15, 0.2) is 18.2 Å². The Morgan fingerprint density at radius 1 is 1.10 bits per heavy atom. The average molecular weight is 296 g/mol. The molecule has 1 aromatic carbocycles. The molecule has 0 unspecified atom stereocenters. The summed E-state index contributed by atoms with van der Waals surface area (Å²) in [5, 5.41) is 9.64. The molecule has 1 aromatic rings. The normalized spacial score (nSPS) is 19.0. The van der Waals surface area contributed by atoms with Crippen molar-refractivity contribution in [3.05, 3.63) is 35.4 Å². The van der Waals surface area contributed by atoms with E-state index in [0.29, 0.717) is 12.8 Å². The van der Waals surface area contributed by atoms with Gasteiger partial charge in [0.2, 0.25) is 0 Å². The zero-order valence-electron chi connectivity index (χ0n) is 12.6. The number of hydrogen-bond donors (Lipinski definition) is 1. The zero-order chi connectivity index (χ0) is 15.7. The number of carboxylic acids is 1. The molecule has 1 N–H and O–H groups in total. The number of rotatable bonds is 6. The molecule has 0 aromatic heterocycles. The van der Waals surface area contributed by atoms with Gasteiger partial charge in [-0.25, -0.2) is 8.78 Å². The fraction of sp³-hybridized carbons (Fsp3) is 0.588. The first-order chi connectivity index (χ1) is 9.87. The molecule has 0 bridgehead atoms. The average Bonchev–Trinajstić information content (AvgIpc) is 2.33. The molecular formula is C17H22F2O2. The number of halogens is 2. The van der Waals surface area contributed by atoms with Crippen LogP contribution in [0.1, 0.15) is 57.9 Å². The molecule has 0 aliphatic heterocycles. The summed E-state index contributed by atoms with van der Waals surface area (Å²) in [7, 11) is 0. The molecule has 2 nitrogen and oxygen atoms in total. The van der Waals surface area contributed by atoms with Crippen LogP contribution in [0.3, 0.4) is 0 Å². The Bertz CT molecular complexity index is 505. The lowest BCUT2D eigenvalue weighted by Gasteiger charge is -2.54. The lowest BCUT2D eigenvalue weighted by molar-refractivity contribution is -0.155. The summed E-state index contributed by atoms with van der Waals surface area (Å²) in [4.78, 5) is 11.8. The van der Waals surface area contributed by atoms with Crippen molar-refractivity contribution >= 4 is 5.97 Å². The molecule has 1 fully saturated rings.